The molecule has 1 rings (SSSR count). The van der Waals surface area contributed by atoms with E-state index in [2.05, 4.69) is 0 Å². The maximum absolute atomic E-state index is 12.1. The van der Waals surface area contributed by atoms with Crippen LogP contribution in [0.25, 0.3) is 0 Å². The lowest BCUT2D eigenvalue weighted by molar-refractivity contribution is -0.385. The van der Waals surface area contributed by atoms with Crippen LogP contribution in [0, 0.1) is 17.0 Å². The molecular weight excluding hydrogens is 317 g/mol. The van der Waals surface area contributed by atoms with Crippen LogP contribution in [0.3, 0.4) is 0 Å². The van der Waals surface area contributed by atoms with Crippen molar-refractivity contribution in [1.29, 1.82) is 0 Å². The molecule has 0 amide bonds. The number of nitro benzene ring substituents is 1. The topological polar surface area (TPSA) is 110 Å². The lowest BCUT2D eigenvalue weighted by atomic mass is 10.2. The Balaban J connectivity index is 2.96. The van der Waals surface area contributed by atoms with Gasteiger partial charge in [0.05, 0.1) is 9.82 Å². The van der Waals surface area contributed by atoms with Gasteiger partial charge in [0.25, 0.3) is 5.69 Å². The number of alkyl halides is 3. The molecule has 7 nitrogen and oxygen atoms in total. The molecule has 1 unspecified atom stereocenters. The number of rotatable bonds is 5. The van der Waals surface area contributed by atoms with Gasteiger partial charge in [-0.25, -0.2) is 13.1 Å². The van der Waals surface area contributed by atoms with Crippen LogP contribution in [-0.2, 0) is 10.0 Å². The molecule has 0 radical (unpaired) electrons. The molecule has 0 aromatic heterocycles. The number of hydrogen-bond donors (Lipinski definition) is 2. The average molecular weight is 328 g/mol. The van der Waals surface area contributed by atoms with E-state index in [9.17, 15) is 31.7 Å². The first-order valence-electron chi connectivity index (χ1n) is 5.44. The van der Waals surface area contributed by atoms with Gasteiger partial charge in [0.15, 0.2) is 6.10 Å². The Labute approximate surface area is 117 Å². The molecule has 1 aromatic rings. The second kappa shape index (κ2) is 5.95. The molecule has 0 spiro atoms. The molecule has 0 fully saturated rings. The highest BCUT2D eigenvalue weighted by Crippen LogP contribution is 2.22. The minimum absolute atomic E-state index is 0.00167. The highest BCUT2D eigenvalue weighted by Gasteiger charge is 2.38. The van der Waals surface area contributed by atoms with E-state index in [1.165, 1.54) is 6.92 Å². The number of aryl methyl sites for hydroxylation is 1. The van der Waals surface area contributed by atoms with Crippen LogP contribution in [0.5, 0.6) is 0 Å². The van der Waals surface area contributed by atoms with Crippen molar-refractivity contribution < 1.29 is 31.6 Å². The summed E-state index contributed by atoms with van der Waals surface area (Å²) in [6.45, 7) is 0.0179. The summed E-state index contributed by atoms with van der Waals surface area (Å²) < 4.78 is 61.5. The molecule has 118 valence electrons. The average Bonchev–Trinajstić information content (AvgIpc) is 2.34. The predicted octanol–water partition coefficient (Wildman–Crippen LogP) is 1.10. The van der Waals surface area contributed by atoms with E-state index in [0.717, 1.165) is 18.2 Å². The molecule has 11 heteroatoms. The fourth-order valence-corrected chi connectivity index (χ4v) is 2.69. The summed E-state index contributed by atoms with van der Waals surface area (Å²) in [4.78, 5) is 9.39. The van der Waals surface area contributed by atoms with Gasteiger partial charge in [0.2, 0.25) is 10.0 Å². The number of aliphatic hydroxyl groups excluding tert-OH is 1. The number of nitrogens with zero attached hydrogens (tertiary/aromatic N) is 1. The first kappa shape index (κ1) is 17.3. The van der Waals surface area contributed by atoms with Crippen LogP contribution in [0.1, 0.15) is 5.56 Å². The SMILES string of the molecule is Cc1cc([N+](=O)[O-])ccc1S(=O)(=O)NCC(O)C(F)(F)F. The van der Waals surface area contributed by atoms with E-state index in [1.54, 1.807) is 4.72 Å². The molecule has 0 heterocycles. The number of benzene rings is 1. The van der Waals surface area contributed by atoms with Gasteiger partial charge < -0.3 is 5.11 Å². The van der Waals surface area contributed by atoms with Crippen molar-refractivity contribution in [2.45, 2.75) is 24.1 Å². The molecule has 0 saturated heterocycles. The first-order valence-corrected chi connectivity index (χ1v) is 6.93. The molecule has 21 heavy (non-hydrogen) atoms. The van der Waals surface area contributed by atoms with Crippen LogP contribution in [0.15, 0.2) is 23.1 Å². The molecule has 1 atom stereocenters. The highest BCUT2D eigenvalue weighted by atomic mass is 32.2. The van der Waals surface area contributed by atoms with Crippen LogP contribution in [0.2, 0.25) is 0 Å². The summed E-state index contributed by atoms with van der Waals surface area (Å²) in [5.74, 6) is 0. The predicted molar refractivity (Wildman–Crippen MR) is 65.1 cm³/mol. The normalized spacial score (nSPS) is 14.0. The standard InChI is InChI=1S/C10H11F3N2O5S/c1-6-4-7(15(17)18)2-3-8(6)21(19,20)14-5-9(16)10(11,12)13/h2-4,9,14,16H,5H2,1H3. The van der Waals surface area contributed by atoms with Crippen molar-refractivity contribution in [3.05, 3.63) is 33.9 Å². The van der Waals surface area contributed by atoms with Gasteiger partial charge in [-0.15, -0.1) is 0 Å². The molecule has 0 saturated carbocycles. The van der Waals surface area contributed by atoms with Gasteiger partial charge in [-0.2, -0.15) is 13.2 Å². The Morgan fingerprint density at radius 2 is 2.00 bits per heavy atom. The second-order valence-electron chi connectivity index (χ2n) is 4.12. The van der Waals surface area contributed by atoms with Crippen LogP contribution >= 0.6 is 0 Å². The van der Waals surface area contributed by atoms with Crippen molar-refractivity contribution in [1.82, 2.24) is 4.72 Å². The third-order valence-corrected chi connectivity index (χ3v) is 4.09. The minimum atomic E-state index is -4.95. The number of aliphatic hydroxyl groups is 1. The Morgan fingerprint density at radius 1 is 1.43 bits per heavy atom. The van der Waals surface area contributed by atoms with E-state index in [-0.39, 0.29) is 11.3 Å². The van der Waals surface area contributed by atoms with Gasteiger partial charge >= 0.3 is 6.18 Å². The monoisotopic (exact) mass is 328 g/mol. The molecule has 0 aliphatic carbocycles. The summed E-state index contributed by atoms with van der Waals surface area (Å²) in [5, 5.41) is 19.3. The zero-order valence-electron chi connectivity index (χ0n) is 10.6. The maximum Gasteiger partial charge on any atom is 0.415 e. The van der Waals surface area contributed by atoms with Gasteiger partial charge in [-0.05, 0) is 18.6 Å². The van der Waals surface area contributed by atoms with Gasteiger partial charge in [-0.3, -0.25) is 10.1 Å². The molecular formula is C10H11F3N2O5S. The van der Waals surface area contributed by atoms with Gasteiger partial charge in [-0.1, -0.05) is 0 Å². The molecule has 2 N–H and O–H groups in total. The lowest BCUT2D eigenvalue weighted by Gasteiger charge is -2.15. The summed E-state index contributed by atoms with van der Waals surface area (Å²) >= 11 is 0. The second-order valence-corrected chi connectivity index (χ2v) is 5.85. The Hall–Kier alpha value is -1.72. The fourth-order valence-electron chi connectivity index (χ4n) is 1.43. The Kier molecular flexibility index (Phi) is 4.91. The van der Waals surface area contributed by atoms with Crippen LogP contribution in [0.4, 0.5) is 18.9 Å². The first-order chi connectivity index (χ1) is 9.45. The van der Waals surface area contributed by atoms with E-state index in [1.807, 2.05) is 0 Å². The van der Waals surface area contributed by atoms with Gasteiger partial charge in [0.1, 0.15) is 0 Å². The van der Waals surface area contributed by atoms with E-state index >= 15 is 0 Å². The van der Waals surface area contributed by atoms with Crippen molar-refractivity contribution in [2.24, 2.45) is 0 Å². The Morgan fingerprint density at radius 3 is 2.43 bits per heavy atom. The smallest absolute Gasteiger partial charge is 0.382 e. The van der Waals surface area contributed by atoms with E-state index in [4.69, 9.17) is 5.11 Å². The van der Waals surface area contributed by atoms with Crippen LogP contribution < -0.4 is 4.72 Å². The largest absolute Gasteiger partial charge is 0.415 e. The molecule has 1 aromatic carbocycles. The molecule has 0 aliphatic rings. The van der Waals surface area contributed by atoms with Crippen molar-refractivity contribution in [3.63, 3.8) is 0 Å². The number of nitrogens with one attached hydrogen (secondary N) is 1. The van der Waals surface area contributed by atoms with Crippen molar-refractivity contribution in [3.8, 4) is 0 Å². The Bertz CT molecular complexity index is 645. The molecule has 0 bridgehead atoms. The number of halogens is 3. The van der Waals surface area contributed by atoms with Crippen LogP contribution in [-0.4, -0.2) is 37.3 Å². The lowest BCUT2D eigenvalue weighted by Crippen LogP contribution is -2.40. The minimum Gasteiger partial charge on any atom is -0.382 e. The van der Waals surface area contributed by atoms with Crippen molar-refractivity contribution >= 4 is 15.7 Å². The summed E-state index contributed by atoms with van der Waals surface area (Å²) in [5.41, 5.74) is -0.347. The fraction of sp³-hybridized carbons (Fsp3) is 0.400. The number of hydrogen-bond acceptors (Lipinski definition) is 5. The zero-order valence-corrected chi connectivity index (χ0v) is 11.4. The van der Waals surface area contributed by atoms with E-state index < -0.39 is 38.7 Å². The summed E-state index contributed by atoms with van der Waals surface area (Å²) in [6.07, 6.45) is -7.79. The third-order valence-electron chi connectivity index (χ3n) is 2.50. The number of nitro groups is 1. The molecule has 0 aliphatic heterocycles. The summed E-state index contributed by atoms with van der Waals surface area (Å²) in [6, 6.07) is 2.81. The van der Waals surface area contributed by atoms with Crippen molar-refractivity contribution in [2.75, 3.05) is 6.54 Å². The van der Waals surface area contributed by atoms with Gasteiger partial charge in [0, 0.05) is 18.7 Å². The number of non-ortho nitro benzene ring substituents is 1. The summed E-state index contributed by atoms with van der Waals surface area (Å²) in [7, 11) is -4.32. The third kappa shape index (κ3) is 4.37. The zero-order chi connectivity index (χ0) is 16.4. The quantitative estimate of drug-likeness (QED) is 0.621. The van der Waals surface area contributed by atoms with E-state index in [0.29, 0.717) is 0 Å². The number of sulfonamides is 1. The highest BCUT2D eigenvalue weighted by molar-refractivity contribution is 7.89. The maximum atomic E-state index is 12.1.